The van der Waals surface area contributed by atoms with Crippen molar-refractivity contribution in [2.75, 3.05) is 7.11 Å². The van der Waals surface area contributed by atoms with Crippen molar-refractivity contribution < 1.29 is 22.7 Å². The van der Waals surface area contributed by atoms with Crippen LogP contribution in [0.1, 0.15) is 16.7 Å². The molecule has 3 nitrogen and oxygen atoms in total. The molecule has 1 rings (SSSR count). The molecule has 0 bridgehead atoms. The number of rotatable bonds is 2. The van der Waals surface area contributed by atoms with Gasteiger partial charge in [-0.1, -0.05) is 15.9 Å². The number of ether oxygens (including phenoxy) is 1. The number of carbonyl (C=O) groups excluding carboxylic acids is 1. The molecule has 0 amide bonds. The average molecular weight is 322 g/mol. The van der Waals surface area contributed by atoms with E-state index in [0.717, 1.165) is 13.2 Å². The smallest absolute Gasteiger partial charge is 0.417 e. The molecule has 0 spiro atoms. The molecule has 1 aromatic rings. The zero-order chi connectivity index (χ0) is 13.9. The van der Waals surface area contributed by atoms with Crippen LogP contribution >= 0.6 is 15.9 Å². The first-order valence-electron chi connectivity index (χ1n) is 4.66. The van der Waals surface area contributed by atoms with Crippen molar-refractivity contribution in [3.05, 3.63) is 33.3 Å². The topological polar surface area (TPSA) is 50.1 Å². The molecule has 0 unspecified atom stereocenters. The van der Waals surface area contributed by atoms with Gasteiger partial charge in [-0.25, -0.2) is 0 Å². The van der Waals surface area contributed by atoms with E-state index >= 15 is 0 Å². The molecular formula is C11H7BrF3NO2. The lowest BCUT2D eigenvalue weighted by molar-refractivity contribution is -0.141. The highest BCUT2D eigenvalue weighted by molar-refractivity contribution is 9.10. The minimum atomic E-state index is -4.66. The van der Waals surface area contributed by atoms with Gasteiger partial charge in [-0.2, -0.15) is 18.4 Å². The molecule has 0 atom stereocenters. The molecular weight excluding hydrogens is 315 g/mol. The lowest BCUT2D eigenvalue weighted by Crippen LogP contribution is -2.15. The van der Waals surface area contributed by atoms with E-state index in [0.29, 0.717) is 0 Å². The molecule has 0 saturated heterocycles. The van der Waals surface area contributed by atoms with E-state index < -0.39 is 24.1 Å². The Balaban J connectivity index is 3.48. The SMILES string of the molecule is COC(=O)Cc1c(C#N)ccc(Br)c1C(F)(F)F. The van der Waals surface area contributed by atoms with Crippen molar-refractivity contribution in [2.24, 2.45) is 0 Å². The molecule has 7 heteroatoms. The van der Waals surface area contributed by atoms with E-state index in [-0.39, 0.29) is 15.6 Å². The Hall–Kier alpha value is -1.55. The van der Waals surface area contributed by atoms with Crippen molar-refractivity contribution >= 4 is 21.9 Å². The number of benzene rings is 1. The summed E-state index contributed by atoms with van der Waals surface area (Å²) >= 11 is 2.78. The predicted molar refractivity (Wildman–Crippen MR) is 59.6 cm³/mol. The van der Waals surface area contributed by atoms with Crippen LogP contribution in [-0.4, -0.2) is 13.1 Å². The maximum absolute atomic E-state index is 12.9. The van der Waals surface area contributed by atoms with E-state index in [9.17, 15) is 18.0 Å². The molecule has 0 aliphatic heterocycles. The van der Waals surface area contributed by atoms with Gasteiger partial charge in [0, 0.05) is 4.47 Å². The zero-order valence-electron chi connectivity index (χ0n) is 9.14. The van der Waals surface area contributed by atoms with Crippen LogP contribution in [0.5, 0.6) is 0 Å². The first kappa shape index (κ1) is 14.5. The molecule has 0 heterocycles. The van der Waals surface area contributed by atoms with Gasteiger partial charge in [-0.15, -0.1) is 0 Å². The summed E-state index contributed by atoms with van der Waals surface area (Å²) in [6.07, 6.45) is -5.26. The van der Waals surface area contributed by atoms with Crippen LogP contribution in [0, 0.1) is 11.3 Å². The third-order valence-electron chi connectivity index (χ3n) is 2.21. The van der Waals surface area contributed by atoms with Gasteiger partial charge in [0.05, 0.1) is 30.7 Å². The van der Waals surface area contributed by atoms with Gasteiger partial charge in [0.15, 0.2) is 0 Å². The van der Waals surface area contributed by atoms with E-state index in [4.69, 9.17) is 5.26 Å². The maximum Gasteiger partial charge on any atom is 0.417 e. The fraction of sp³-hybridized carbons (Fsp3) is 0.273. The van der Waals surface area contributed by atoms with E-state index in [1.807, 2.05) is 0 Å². The van der Waals surface area contributed by atoms with Gasteiger partial charge in [0.1, 0.15) is 0 Å². The highest BCUT2D eigenvalue weighted by atomic mass is 79.9. The number of esters is 1. The summed E-state index contributed by atoms with van der Waals surface area (Å²) in [5.41, 5.74) is -1.60. The number of nitriles is 1. The molecule has 0 aromatic heterocycles. The van der Waals surface area contributed by atoms with Gasteiger partial charge in [-0.3, -0.25) is 4.79 Å². The molecule has 18 heavy (non-hydrogen) atoms. The zero-order valence-corrected chi connectivity index (χ0v) is 10.7. The Labute approximate surface area is 109 Å². The summed E-state index contributed by atoms with van der Waals surface area (Å²) in [4.78, 5) is 11.1. The van der Waals surface area contributed by atoms with Gasteiger partial charge < -0.3 is 4.74 Å². The van der Waals surface area contributed by atoms with Gasteiger partial charge in [0.25, 0.3) is 0 Å². The molecule has 0 aliphatic carbocycles. The monoisotopic (exact) mass is 321 g/mol. The van der Waals surface area contributed by atoms with Gasteiger partial charge in [0.2, 0.25) is 0 Å². The number of alkyl halides is 3. The largest absolute Gasteiger partial charge is 0.469 e. The maximum atomic E-state index is 12.9. The van der Waals surface area contributed by atoms with E-state index in [1.54, 1.807) is 6.07 Å². The standard InChI is InChI=1S/C11H7BrF3NO2/c1-18-9(17)4-7-6(5-16)2-3-8(12)10(7)11(13,14)15/h2-3H,4H2,1H3. The van der Waals surface area contributed by atoms with E-state index in [2.05, 4.69) is 20.7 Å². The minimum absolute atomic E-state index is 0.198. The normalized spacial score (nSPS) is 10.9. The summed E-state index contributed by atoms with van der Waals surface area (Å²) in [6, 6.07) is 3.98. The molecule has 0 radical (unpaired) electrons. The first-order chi connectivity index (χ1) is 8.31. The van der Waals surface area contributed by atoms with Gasteiger partial charge in [-0.05, 0) is 17.7 Å². The highest BCUT2D eigenvalue weighted by Gasteiger charge is 2.37. The Morgan fingerprint density at radius 3 is 2.56 bits per heavy atom. The number of hydrogen-bond donors (Lipinski definition) is 0. The number of halogens is 4. The quantitative estimate of drug-likeness (QED) is 0.787. The molecule has 0 N–H and O–H groups in total. The molecule has 0 saturated carbocycles. The van der Waals surface area contributed by atoms with Crippen LogP contribution in [0.15, 0.2) is 16.6 Å². The summed E-state index contributed by atoms with van der Waals surface area (Å²) in [5, 5.41) is 8.80. The summed E-state index contributed by atoms with van der Waals surface area (Å²) in [7, 11) is 1.07. The first-order valence-corrected chi connectivity index (χ1v) is 5.46. The Morgan fingerprint density at radius 2 is 2.11 bits per heavy atom. The van der Waals surface area contributed by atoms with Crippen LogP contribution in [0.4, 0.5) is 13.2 Å². The van der Waals surface area contributed by atoms with Crippen molar-refractivity contribution in [3.63, 3.8) is 0 Å². The molecule has 1 aromatic carbocycles. The molecule has 96 valence electrons. The number of hydrogen-bond acceptors (Lipinski definition) is 3. The van der Waals surface area contributed by atoms with Crippen LogP contribution in [0.3, 0.4) is 0 Å². The molecule has 0 fully saturated rings. The fourth-order valence-electron chi connectivity index (χ4n) is 1.43. The lowest BCUT2D eigenvalue weighted by atomic mass is 9.98. The van der Waals surface area contributed by atoms with Crippen molar-refractivity contribution in [1.29, 1.82) is 5.26 Å². The Bertz CT molecular complexity index is 520. The summed E-state index contributed by atoms with van der Waals surface area (Å²) < 4.78 is 42.8. The number of methoxy groups -OCH3 is 1. The van der Waals surface area contributed by atoms with E-state index in [1.165, 1.54) is 6.07 Å². The average Bonchev–Trinajstić information content (AvgIpc) is 2.27. The minimum Gasteiger partial charge on any atom is -0.469 e. The van der Waals surface area contributed by atoms with Crippen LogP contribution < -0.4 is 0 Å². The predicted octanol–water partition coefficient (Wildman–Crippen LogP) is 3.06. The second-order valence-electron chi connectivity index (χ2n) is 3.31. The van der Waals surface area contributed by atoms with Gasteiger partial charge >= 0.3 is 12.1 Å². The number of nitrogens with zero attached hydrogens (tertiary/aromatic N) is 1. The molecule has 0 aliphatic rings. The van der Waals surface area contributed by atoms with Crippen LogP contribution in [0.25, 0.3) is 0 Å². The second-order valence-corrected chi connectivity index (χ2v) is 4.17. The summed E-state index contributed by atoms with van der Waals surface area (Å²) in [5.74, 6) is -0.838. The van der Waals surface area contributed by atoms with Crippen molar-refractivity contribution in [1.82, 2.24) is 0 Å². The van der Waals surface area contributed by atoms with Crippen LogP contribution in [0.2, 0.25) is 0 Å². The third kappa shape index (κ3) is 3.01. The van der Waals surface area contributed by atoms with Crippen molar-refractivity contribution in [3.8, 4) is 6.07 Å². The highest BCUT2D eigenvalue weighted by Crippen LogP contribution is 2.38. The Kier molecular flexibility index (Phi) is 4.35. The fourth-order valence-corrected chi connectivity index (χ4v) is 2.03. The Morgan fingerprint density at radius 1 is 1.50 bits per heavy atom. The second kappa shape index (κ2) is 5.40. The lowest BCUT2D eigenvalue weighted by Gasteiger charge is -2.15. The third-order valence-corrected chi connectivity index (χ3v) is 2.88. The van der Waals surface area contributed by atoms with Crippen molar-refractivity contribution in [2.45, 2.75) is 12.6 Å². The number of carbonyl (C=O) groups is 1. The summed E-state index contributed by atoms with van der Waals surface area (Å²) in [6.45, 7) is 0. The van der Waals surface area contributed by atoms with Crippen LogP contribution in [-0.2, 0) is 22.1 Å².